The van der Waals surface area contributed by atoms with Gasteiger partial charge in [-0.2, -0.15) is 0 Å². The molecule has 0 fully saturated rings. The predicted molar refractivity (Wildman–Crippen MR) is 89.9 cm³/mol. The Kier molecular flexibility index (Phi) is 7.51. The van der Waals surface area contributed by atoms with Crippen LogP contribution < -0.4 is 9.46 Å². The van der Waals surface area contributed by atoms with Gasteiger partial charge in [-0.3, -0.25) is 4.79 Å². The van der Waals surface area contributed by atoms with Gasteiger partial charge in [-0.15, -0.1) is 0 Å². The molecule has 1 rings (SSSR count). The average Bonchev–Trinajstić information content (AvgIpc) is 2.51. The van der Waals surface area contributed by atoms with Gasteiger partial charge in [0.2, 0.25) is 15.9 Å². The van der Waals surface area contributed by atoms with Gasteiger partial charge in [0, 0.05) is 26.1 Å². The predicted octanol–water partition coefficient (Wildman–Crippen LogP) is 2.01. The van der Waals surface area contributed by atoms with Crippen LogP contribution in [0.4, 0.5) is 0 Å². The molecule has 1 aromatic rings. The maximum atomic E-state index is 12.2. The molecule has 0 heterocycles. The Bertz CT molecular complexity index is 599. The van der Waals surface area contributed by atoms with Gasteiger partial charge < -0.3 is 9.64 Å². The van der Waals surface area contributed by atoms with Crippen LogP contribution in [0.25, 0.3) is 0 Å². The summed E-state index contributed by atoms with van der Waals surface area (Å²) in [6, 6.07) is 6.34. The molecule has 0 saturated heterocycles. The number of sulfonamides is 1. The molecule has 23 heavy (non-hydrogen) atoms. The van der Waals surface area contributed by atoms with Crippen molar-refractivity contribution in [1.29, 1.82) is 0 Å². The number of hydrogen-bond acceptors (Lipinski definition) is 4. The van der Waals surface area contributed by atoms with E-state index in [1.165, 1.54) is 19.1 Å². The lowest BCUT2D eigenvalue weighted by Gasteiger charge is -2.27. The molecule has 0 aromatic heterocycles. The Morgan fingerprint density at radius 2 is 1.87 bits per heavy atom. The molecule has 0 aliphatic rings. The normalized spacial score (nSPS) is 12.7. The van der Waals surface area contributed by atoms with Crippen LogP contribution in [-0.4, -0.2) is 45.0 Å². The fourth-order valence-electron chi connectivity index (χ4n) is 2.17. The van der Waals surface area contributed by atoms with Crippen molar-refractivity contribution in [2.45, 2.75) is 45.1 Å². The van der Waals surface area contributed by atoms with Crippen molar-refractivity contribution in [3.8, 4) is 5.75 Å². The van der Waals surface area contributed by atoms with Crippen LogP contribution in [0.3, 0.4) is 0 Å². The molecule has 1 aromatic carbocycles. The monoisotopic (exact) mass is 342 g/mol. The van der Waals surface area contributed by atoms with Gasteiger partial charge in [-0.25, -0.2) is 13.1 Å². The zero-order valence-corrected chi connectivity index (χ0v) is 15.0. The molecular formula is C16H26N2O4S. The second kappa shape index (κ2) is 8.88. The molecule has 0 aliphatic heterocycles. The smallest absolute Gasteiger partial charge is 0.240 e. The lowest BCUT2D eigenvalue weighted by molar-refractivity contribution is -0.130. The minimum absolute atomic E-state index is 0.0559. The minimum atomic E-state index is -3.59. The SMILES string of the molecule is CCOc1ccc(S(=O)(=O)NCCN(C(C)=O)C(C)CC)cc1. The molecule has 130 valence electrons. The highest BCUT2D eigenvalue weighted by Crippen LogP contribution is 2.15. The van der Waals surface area contributed by atoms with Crippen LogP contribution in [-0.2, 0) is 14.8 Å². The molecule has 0 aliphatic carbocycles. The third-order valence-electron chi connectivity index (χ3n) is 3.62. The summed E-state index contributed by atoms with van der Waals surface area (Å²) in [6.45, 7) is 8.35. The zero-order chi connectivity index (χ0) is 17.5. The molecule has 1 N–H and O–H groups in total. The number of carbonyl (C=O) groups is 1. The summed E-state index contributed by atoms with van der Waals surface area (Å²) < 4.78 is 32.3. The first-order valence-corrected chi connectivity index (χ1v) is 9.29. The molecule has 0 spiro atoms. The van der Waals surface area contributed by atoms with E-state index >= 15 is 0 Å². The molecule has 1 unspecified atom stereocenters. The summed E-state index contributed by atoms with van der Waals surface area (Å²) in [5, 5.41) is 0. The van der Waals surface area contributed by atoms with Gasteiger partial charge >= 0.3 is 0 Å². The molecule has 7 heteroatoms. The number of carbonyl (C=O) groups excluding carboxylic acids is 1. The van der Waals surface area contributed by atoms with E-state index in [0.29, 0.717) is 18.9 Å². The topological polar surface area (TPSA) is 75.7 Å². The van der Waals surface area contributed by atoms with Crippen molar-refractivity contribution in [2.24, 2.45) is 0 Å². The van der Waals surface area contributed by atoms with E-state index < -0.39 is 10.0 Å². The minimum Gasteiger partial charge on any atom is -0.494 e. The number of nitrogens with zero attached hydrogens (tertiary/aromatic N) is 1. The highest BCUT2D eigenvalue weighted by Gasteiger charge is 2.17. The Hall–Kier alpha value is -1.60. The lowest BCUT2D eigenvalue weighted by atomic mass is 10.2. The van der Waals surface area contributed by atoms with Gasteiger partial charge in [0.1, 0.15) is 5.75 Å². The molecular weight excluding hydrogens is 316 g/mol. The average molecular weight is 342 g/mol. The first-order valence-electron chi connectivity index (χ1n) is 7.81. The van der Waals surface area contributed by atoms with E-state index in [1.54, 1.807) is 17.0 Å². The molecule has 0 bridgehead atoms. The second-order valence-electron chi connectivity index (χ2n) is 5.27. The van der Waals surface area contributed by atoms with E-state index in [4.69, 9.17) is 4.74 Å². The maximum absolute atomic E-state index is 12.2. The van der Waals surface area contributed by atoms with Crippen molar-refractivity contribution in [3.05, 3.63) is 24.3 Å². The van der Waals surface area contributed by atoms with Crippen LogP contribution in [0, 0.1) is 0 Å². The lowest BCUT2D eigenvalue weighted by Crippen LogP contribution is -2.42. The van der Waals surface area contributed by atoms with Crippen molar-refractivity contribution in [2.75, 3.05) is 19.7 Å². The summed E-state index contributed by atoms with van der Waals surface area (Å²) >= 11 is 0. The quantitative estimate of drug-likeness (QED) is 0.745. The van der Waals surface area contributed by atoms with Crippen LogP contribution in [0.5, 0.6) is 5.75 Å². The summed E-state index contributed by atoms with van der Waals surface area (Å²) in [4.78, 5) is 13.5. The fourth-order valence-corrected chi connectivity index (χ4v) is 3.20. The van der Waals surface area contributed by atoms with Gasteiger partial charge in [0.15, 0.2) is 0 Å². The van der Waals surface area contributed by atoms with Crippen LogP contribution in [0.2, 0.25) is 0 Å². The standard InChI is InChI=1S/C16H26N2O4S/c1-5-13(3)18(14(4)19)12-11-17-23(20,21)16-9-7-15(8-10-16)22-6-2/h7-10,13,17H,5-6,11-12H2,1-4H3. The number of amides is 1. The molecule has 1 amide bonds. The molecule has 0 saturated carbocycles. The number of rotatable bonds is 9. The van der Waals surface area contributed by atoms with Crippen molar-refractivity contribution >= 4 is 15.9 Å². The van der Waals surface area contributed by atoms with Crippen molar-refractivity contribution < 1.29 is 17.9 Å². The van der Waals surface area contributed by atoms with E-state index in [0.717, 1.165) is 6.42 Å². The highest BCUT2D eigenvalue weighted by molar-refractivity contribution is 7.89. The first kappa shape index (κ1) is 19.4. The third kappa shape index (κ3) is 5.84. The molecule has 1 atom stereocenters. The summed E-state index contributed by atoms with van der Waals surface area (Å²) in [5.74, 6) is 0.575. The number of ether oxygens (including phenoxy) is 1. The van der Waals surface area contributed by atoms with Gasteiger partial charge in [0.25, 0.3) is 0 Å². The number of nitrogens with one attached hydrogen (secondary N) is 1. The van der Waals surface area contributed by atoms with Gasteiger partial charge in [0.05, 0.1) is 11.5 Å². The Balaban J connectivity index is 2.66. The van der Waals surface area contributed by atoms with Crippen LogP contribution in [0.1, 0.15) is 34.1 Å². The summed E-state index contributed by atoms with van der Waals surface area (Å²) in [5.41, 5.74) is 0. The fraction of sp³-hybridized carbons (Fsp3) is 0.562. The van der Waals surface area contributed by atoms with Gasteiger partial charge in [-0.05, 0) is 44.5 Å². The van der Waals surface area contributed by atoms with E-state index in [2.05, 4.69) is 4.72 Å². The van der Waals surface area contributed by atoms with Crippen molar-refractivity contribution in [1.82, 2.24) is 9.62 Å². The number of hydrogen-bond donors (Lipinski definition) is 1. The third-order valence-corrected chi connectivity index (χ3v) is 5.09. The van der Waals surface area contributed by atoms with Crippen LogP contribution >= 0.6 is 0 Å². The Labute approximate surface area is 138 Å². The zero-order valence-electron chi connectivity index (χ0n) is 14.2. The van der Waals surface area contributed by atoms with Gasteiger partial charge in [-0.1, -0.05) is 6.92 Å². The number of benzene rings is 1. The first-order chi connectivity index (χ1) is 10.8. The summed E-state index contributed by atoms with van der Waals surface area (Å²) in [7, 11) is -3.59. The van der Waals surface area contributed by atoms with E-state index in [-0.39, 0.29) is 23.4 Å². The van der Waals surface area contributed by atoms with Crippen molar-refractivity contribution in [3.63, 3.8) is 0 Å². The second-order valence-corrected chi connectivity index (χ2v) is 7.04. The Morgan fingerprint density at radius 1 is 1.26 bits per heavy atom. The van der Waals surface area contributed by atoms with Crippen LogP contribution in [0.15, 0.2) is 29.2 Å². The Morgan fingerprint density at radius 3 is 2.35 bits per heavy atom. The van der Waals surface area contributed by atoms with E-state index in [1.807, 2.05) is 20.8 Å². The highest BCUT2D eigenvalue weighted by atomic mass is 32.2. The largest absolute Gasteiger partial charge is 0.494 e. The molecule has 6 nitrogen and oxygen atoms in total. The summed E-state index contributed by atoms with van der Waals surface area (Å²) in [6.07, 6.45) is 0.825. The maximum Gasteiger partial charge on any atom is 0.240 e. The molecule has 0 radical (unpaired) electrons. The van der Waals surface area contributed by atoms with E-state index in [9.17, 15) is 13.2 Å².